The third kappa shape index (κ3) is 4.05. The van der Waals surface area contributed by atoms with Crippen LogP contribution in [0, 0.1) is 0 Å². The molecule has 29 heavy (non-hydrogen) atoms. The number of rotatable bonds is 6. The molecular weight excluding hydrogens is 368 g/mol. The van der Waals surface area contributed by atoms with Crippen LogP contribution in [-0.2, 0) is 6.54 Å². The van der Waals surface area contributed by atoms with Gasteiger partial charge in [0.15, 0.2) is 11.2 Å². The van der Waals surface area contributed by atoms with E-state index in [9.17, 15) is 9.90 Å². The fourth-order valence-electron chi connectivity index (χ4n) is 4.00. The molecule has 1 aliphatic carbocycles. The van der Waals surface area contributed by atoms with E-state index in [0.717, 1.165) is 30.7 Å². The monoisotopic (exact) mass is 396 g/mol. The van der Waals surface area contributed by atoms with Crippen LogP contribution >= 0.6 is 0 Å². The minimum atomic E-state index is -0.601. The number of hydrogen-bond donors (Lipinski definition) is 2. The van der Waals surface area contributed by atoms with Gasteiger partial charge >= 0.3 is 6.01 Å². The first-order valence-electron chi connectivity index (χ1n) is 10.5. The zero-order chi connectivity index (χ0) is 20.4. The number of nitrogens with zero attached hydrogens (tertiary/aromatic N) is 3. The van der Waals surface area contributed by atoms with Crippen LogP contribution in [0.5, 0.6) is 11.8 Å². The molecule has 7 nitrogen and oxygen atoms in total. The minimum Gasteiger partial charge on any atom is -0.425 e. The molecule has 3 aromatic rings. The Morgan fingerprint density at radius 2 is 2.07 bits per heavy atom. The summed E-state index contributed by atoms with van der Waals surface area (Å²) in [6.07, 6.45) is 6.03. The van der Waals surface area contributed by atoms with Crippen LogP contribution in [0.2, 0.25) is 0 Å². The molecule has 1 aliphatic rings. The largest absolute Gasteiger partial charge is 0.425 e. The van der Waals surface area contributed by atoms with Crippen molar-refractivity contribution in [3.8, 4) is 11.8 Å². The van der Waals surface area contributed by atoms with Crippen LogP contribution in [0.15, 0.2) is 29.1 Å². The molecule has 1 fully saturated rings. The molecule has 0 saturated heterocycles. The highest BCUT2D eigenvalue weighted by atomic mass is 16.5. The fraction of sp³-hybridized carbons (Fsp3) is 0.500. The van der Waals surface area contributed by atoms with E-state index in [1.807, 2.05) is 19.1 Å². The summed E-state index contributed by atoms with van der Waals surface area (Å²) in [5.41, 5.74) is 1.44. The standard InChI is InChI=1S/C22H28N4O3/c1-3-12-26-21(28)18-20(24-19(23-18)15-8-5-4-6-9-15)25-22(26)29-17-11-7-10-16(13-17)14(2)27/h7,10-11,13-15,27H,3-6,8-9,12H2,1-2H3,(H,23,24). The summed E-state index contributed by atoms with van der Waals surface area (Å²) < 4.78 is 7.54. The first kappa shape index (κ1) is 19.6. The van der Waals surface area contributed by atoms with E-state index in [1.165, 1.54) is 19.3 Å². The van der Waals surface area contributed by atoms with Crippen LogP contribution in [0.25, 0.3) is 11.2 Å². The van der Waals surface area contributed by atoms with Crippen LogP contribution in [-0.4, -0.2) is 24.6 Å². The highest BCUT2D eigenvalue weighted by Gasteiger charge is 2.22. The van der Waals surface area contributed by atoms with Gasteiger partial charge < -0.3 is 14.8 Å². The van der Waals surface area contributed by atoms with E-state index in [-0.39, 0.29) is 11.6 Å². The van der Waals surface area contributed by atoms with Crippen molar-refractivity contribution < 1.29 is 9.84 Å². The van der Waals surface area contributed by atoms with Gasteiger partial charge in [0.2, 0.25) is 0 Å². The van der Waals surface area contributed by atoms with Gasteiger partial charge in [-0.25, -0.2) is 4.98 Å². The molecular formula is C22H28N4O3. The molecule has 1 saturated carbocycles. The second-order valence-electron chi connectivity index (χ2n) is 7.86. The molecule has 0 aliphatic heterocycles. The molecule has 154 valence electrons. The molecule has 2 N–H and O–H groups in total. The van der Waals surface area contributed by atoms with E-state index >= 15 is 0 Å². The molecule has 2 heterocycles. The Bertz CT molecular complexity index is 1050. The molecule has 0 amide bonds. The normalized spacial score (nSPS) is 16.2. The number of aromatic nitrogens is 4. The van der Waals surface area contributed by atoms with Gasteiger partial charge in [-0.2, -0.15) is 4.98 Å². The number of H-pyrrole nitrogens is 1. The Morgan fingerprint density at radius 1 is 1.28 bits per heavy atom. The van der Waals surface area contributed by atoms with Crippen molar-refractivity contribution in [2.75, 3.05) is 0 Å². The number of hydrogen-bond acceptors (Lipinski definition) is 5. The Kier molecular flexibility index (Phi) is 5.67. The highest BCUT2D eigenvalue weighted by Crippen LogP contribution is 2.32. The maximum Gasteiger partial charge on any atom is 0.306 e. The Morgan fingerprint density at radius 3 is 2.79 bits per heavy atom. The number of aromatic amines is 1. The lowest BCUT2D eigenvalue weighted by Gasteiger charge is -2.18. The van der Waals surface area contributed by atoms with Crippen molar-refractivity contribution in [2.24, 2.45) is 0 Å². The van der Waals surface area contributed by atoms with Gasteiger partial charge in [-0.3, -0.25) is 9.36 Å². The van der Waals surface area contributed by atoms with Gasteiger partial charge in [0.25, 0.3) is 5.56 Å². The predicted molar refractivity (Wildman–Crippen MR) is 111 cm³/mol. The molecule has 7 heteroatoms. The van der Waals surface area contributed by atoms with Crippen LogP contribution in [0.1, 0.15) is 75.8 Å². The molecule has 1 aromatic carbocycles. The summed E-state index contributed by atoms with van der Waals surface area (Å²) in [5, 5.41) is 9.82. The summed E-state index contributed by atoms with van der Waals surface area (Å²) in [6.45, 7) is 4.22. The molecule has 4 rings (SSSR count). The number of aliphatic hydroxyl groups excluding tert-OH is 1. The van der Waals surface area contributed by atoms with E-state index in [2.05, 4.69) is 15.0 Å². The van der Waals surface area contributed by atoms with Crippen molar-refractivity contribution in [3.63, 3.8) is 0 Å². The van der Waals surface area contributed by atoms with E-state index in [1.54, 1.807) is 23.6 Å². The zero-order valence-electron chi connectivity index (χ0n) is 17.0. The number of fused-ring (bicyclic) bond motifs is 1. The lowest BCUT2D eigenvalue weighted by Crippen LogP contribution is -2.23. The van der Waals surface area contributed by atoms with Crippen LogP contribution in [0.3, 0.4) is 0 Å². The third-order valence-electron chi connectivity index (χ3n) is 5.58. The minimum absolute atomic E-state index is 0.159. The second-order valence-corrected chi connectivity index (χ2v) is 7.86. The summed E-state index contributed by atoms with van der Waals surface area (Å²) in [5.74, 6) is 1.76. The maximum atomic E-state index is 13.1. The lowest BCUT2D eigenvalue weighted by molar-refractivity contribution is 0.199. The number of imidazole rings is 1. The Hall–Kier alpha value is -2.67. The highest BCUT2D eigenvalue weighted by molar-refractivity contribution is 5.70. The van der Waals surface area contributed by atoms with Gasteiger partial charge in [-0.15, -0.1) is 0 Å². The van der Waals surface area contributed by atoms with E-state index < -0.39 is 6.10 Å². The Labute approximate surface area is 169 Å². The number of ether oxygens (including phenoxy) is 1. The zero-order valence-corrected chi connectivity index (χ0v) is 17.0. The van der Waals surface area contributed by atoms with Gasteiger partial charge in [0.05, 0.1) is 6.10 Å². The Balaban J connectivity index is 1.75. The first-order chi connectivity index (χ1) is 14.1. The SMILES string of the molecule is CCCn1c(Oc2cccc(C(C)O)c2)nc2nc(C3CCCCC3)[nH]c2c1=O. The average molecular weight is 396 g/mol. The molecule has 0 radical (unpaired) electrons. The fourth-order valence-corrected chi connectivity index (χ4v) is 4.00. The van der Waals surface area contributed by atoms with Crippen molar-refractivity contribution in [1.82, 2.24) is 19.5 Å². The summed E-state index contributed by atoms with van der Waals surface area (Å²) in [4.78, 5) is 25.6. The van der Waals surface area contributed by atoms with Crippen LogP contribution in [0.4, 0.5) is 0 Å². The average Bonchev–Trinajstić information content (AvgIpc) is 3.16. The van der Waals surface area contributed by atoms with E-state index in [0.29, 0.717) is 29.4 Å². The number of benzene rings is 1. The number of nitrogens with one attached hydrogen (secondary N) is 1. The molecule has 1 unspecified atom stereocenters. The second kappa shape index (κ2) is 8.37. The van der Waals surface area contributed by atoms with Gasteiger partial charge in [0.1, 0.15) is 11.6 Å². The summed E-state index contributed by atoms with van der Waals surface area (Å²) >= 11 is 0. The predicted octanol–water partition coefficient (Wildman–Crippen LogP) is 4.42. The van der Waals surface area contributed by atoms with Crippen molar-refractivity contribution >= 4 is 11.2 Å². The molecule has 0 bridgehead atoms. The van der Waals surface area contributed by atoms with Crippen molar-refractivity contribution in [2.45, 2.75) is 70.9 Å². The number of aliphatic hydroxyl groups is 1. The van der Waals surface area contributed by atoms with Crippen LogP contribution < -0.4 is 10.3 Å². The van der Waals surface area contributed by atoms with Crippen molar-refractivity contribution in [1.29, 1.82) is 0 Å². The first-order valence-corrected chi connectivity index (χ1v) is 10.5. The lowest BCUT2D eigenvalue weighted by atomic mass is 9.89. The quantitative estimate of drug-likeness (QED) is 0.643. The smallest absolute Gasteiger partial charge is 0.306 e. The molecule has 2 aromatic heterocycles. The van der Waals surface area contributed by atoms with Gasteiger partial charge in [-0.05, 0) is 43.9 Å². The van der Waals surface area contributed by atoms with Gasteiger partial charge in [-0.1, -0.05) is 38.3 Å². The summed E-state index contributed by atoms with van der Waals surface area (Å²) in [7, 11) is 0. The summed E-state index contributed by atoms with van der Waals surface area (Å²) in [6, 6.07) is 7.42. The molecule has 1 atom stereocenters. The molecule has 0 spiro atoms. The van der Waals surface area contributed by atoms with Gasteiger partial charge in [0, 0.05) is 12.5 Å². The third-order valence-corrected chi connectivity index (χ3v) is 5.58. The van der Waals surface area contributed by atoms with Crippen molar-refractivity contribution in [3.05, 3.63) is 46.0 Å². The topological polar surface area (TPSA) is 93.0 Å². The van der Waals surface area contributed by atoms with E-state index in [4.69, 9.17) is 4.74 Å². The maximum absolute atomic E-state index is 13.1.